The van der Waals surface area contributed by atoms with Gasteiger partial charge in [0.2, 0.25) is 5.95 Å². The molecule has 1 saturated heterocycles. The number of nitrogens with two attached hydrogens (primary N) is 1. The van der Waals surface area contributed by atoms with Crippen LogP contribution < -0.4 is 15.4 Å². The summed E-state index contributed by atoms with van der Waals surface area (Å²) in [5.74, 6) is 2.41. The Hall–Kier alpha value is -2.80. The summed E-state index contributed by atoms with van der Waals surface area (Å²) in [6.07, 6.45) is 1.93. The van der Waals surface area contributed by atoms with Crippen molar-refractivity contribution in [3.63, 3.8) is 0 Å². The third kappa shape index (κ3) is 2.88. The van der Waals surface area contributed by atoms with Gasteiger partial charge in [-0.1, -0.05) is 0 Å². The van der Waals surface area contributed by atoms with Crippen molar-refractivity contribution in [2.75, 3.05) is 37.5 Å². The van der Waals surface area contributed by atoms with Crippen LogP contribution in [0.4, 0.5) is 11.8 Å². The van der Waals surface area contributed by atoms with Crippen molar-refractivity contribution in [3.05, 3.63) is 41.2 Å². The number of rotatable bonds is 3. The van der Waals surface area contributed by atoms with Crippen molar-refractivity contribution in [2.24, 2.45) is 0 Å². The van der Waals surface area contributed by atoms with Crippen LogP contribution >= 0.6 is 0 Å². The van der Waals surface area contributed by atoms with Gasteiger partial charge in [0.25, 0.3) is 0 Å². The fourth-order valence-corrected chi connectivity index (χ4v) is 4.13. The van der Waals surface area contributed by atoms with Crippen molar-refractivity contribution < 1.29 is 9.47 Å². The largest absolute Gasteiger partial charge is 0.497 e. The van der Waals surface area contributed by atoms with E-state index in [4.69, 9.17) is 15.2 Å². The fraction of sp³-hybridized carbons (Fsp3) is 0.400. The first-order valence-electron chi connectivity index (χ1n) is 9.36. The van der Waals surface area contributed by atoms with Gasteiger partial charge in [-0.15, -0.1) is 0 Å². The fourth-order valence-electron chi connectivity index (χ4n) is 4.13. The Morgan fingerprint density at radius 2 is 2.22 bits per heavy atom. The van der Waals surface area contributed by atoms with Crippen LogP contribution in [0.3, 0.4) is 0 Å². The van der Waals surface area contributed by atoms with Gasteiger partial charge in [0.15, 0.2) is 0 Å². The van der Waals surface area contributed by atoms with Crippen LogP contribution in [0.1, 0.15) is 29.3 Å². The van der Waals surface area contributed by atoms with E-state index in [0.717, 1.165) is 55.3 Å². The van der Waals surface area contributed by atoms with E-state index in [0.29, 0.717) is 18.5 Å². The smallest absolute Gasteiger partial charge is 0.222 e. The van der Waals surface area contributed by atoms with E-state index in [1.165, 1.54) is 16.6 Å². The molecule has 1 unspecified atom stereocenters. The molecule has 7 heteroatoms. The highest BCUT2D eigenvalue weighted by Crippen LogP contribution is 2.33. The standard InChI is InChI=1S/C20H23N5O2/c1-26-13-2-3-16-14(8-13)15-10-25(6-4-17(15)22-16)19-9-18(23-20(21)24-19)12-5-7-27-11-12/h2-3,8-9,12,22H,4-7,10-11H2,1H3,(H2,21,23,24). The van der Waals surface area contributed by atoms with E-state index in [9.17, 15) is 0 Å². The van der Waals surface area contributed by atoms with Crippen molar-refractivity contribution in [1.82, 2.24) is 15.0 Å². The number of aromatic nitrogens is 3. The van der Waals surface area contributed by atoms with E-state index in [1.54, 1.807) is 7.11 Å². The van der Waals surface area contributed by atoms with Crippen molar-refractivity contribution in [1.29, 1.82) is 0 Å². The number of benzene rings is 1. The molecule has 0 radical (unpaired) electrons. The molecule has 140 valence electrons. The lowest BCUT2D eigenvalue weighted by atomic mass is 10.0. The van der Waals surface area contributed by atoms with Gasteiger partial charge < -0.3 is 25.1 Å². The van der Waals surface area contributed by atoms with Crippen LogP contribution in [0.25, 0.3) is 10.9 Å². The van der Waals surface area contributed by atoms with E-state index < -0.39 is 0 Å². The maximum absolute atomic E-state index is 6.02. The molecule has 0 spiro atoms. The van der Waals surface area contributed by atoms with Crippen LogP contribution in [0.2, 0.25) is 0 Å². The summed E-state index contributed by atoms with van der Waals surface area (Å²) in [6.45, 7) is 3.18. The number of aromatic amines is 1. The SMILES string of the molecule is COc1ccc2[nH]c3c(c2c1)CN(c1cc(C2CCOC2)nc(N)n1)CC3. The summed E-state index contributed by atoms with van der Waals surface area (Å²) in [7, 11) is 1.70. The predicted octanol–water partition coefficient (Wildman–Crippen LogP) is 2.62. The number of hydrogen-bond donors (Lipinski definition) is 2. The van der Waals surface area contributed by atoms with E-state index in [1.807, 2.05) is 6.07 Å². The minimum atomic E-state index is 0.312. The molecule has 7 nitrogen and oxygen atoms in total. The molecule has 3 aromatic rings. The molecular formula is C20H23N5O2. The lowest BCUT2D eigenvalue weighted by Crippen LogP contribution is -2.31. The lowest BCUT2D eigenvalue weighted by molar-refractivity contribution is 0.193. The lowest BCUT2D eigenvalue weighted by Gasteiger charge is -2.29. The average molecular weight is 365 g/mol. The maximum atomic E-state index is 6.02. The molecule has 0 aliphatic carbocycles. The Bertz CT molecular complexity index is 993. The molecule has 5 rings (SSSR count). The van der Waals surface area contributed by atoms with Gasteiger partial charge in [-0.25, -0.2) is 4.98 Å². The van der Waals surface area contributed by atoms with E-state index >= 15 is 0 Å². The molecule has 1 aromatic carbocycles. The molecular weight excluding hydrogens is 342 g/mol. The van der Waals surface area contributed by atoms with Crippen LogP contribution in [-0.2, 0) is 17.7 Å². The zero-order valence-corrected chi connectivity index (χ0v) is 15.4. The van der Waals surface area contributed by atoms with Gasteiger partial charge >= 0.3 is 0 Å². The second-order valence-electron chi connectivity index (χ2n) is 7.23. The number of fused-ring (bicyclic) bond motifs is 3. The van der Waals surface area contributed by atoms with Crippen LogP contribution in [0.5, 0.6) is 5.75 Å². The summed E-state index contributed by atoms with van der Waals surface area (Å²) >= 11 is 0. The predicted molar refractivity (Wildman–Crippen MR) is 104 cm³/mol. The molecule has 2 aliphatic heterocycles. The first kappa shape index (κ1) is 16.4. The zero-order chi connectivity index (χ0) is 18.4. The van der Waals surface area contributed by atoms with Gasteiger partial charge in [0.1, 0.15) is 11.6 Å². The minimum Gasteiger partial charge on any atom is -0.497 e. The summed E-state index contributed by atoms with van der Waals surface area (Å²) in [5.41, 5.74) is 10.8. The highest BCUT2D eigenvalue weighted by Gasteiger charge is 2.25. The van der Waals surface area contributed by atoms with Gasteiger partial charge in [-0.3, -0.25) is 0 Å². The van der Waals surface area contributed by atoms with E-state index in [-0.39, 0.29) is 0 Å². The third-order valence-corrected chi connectivity index (χ3v) is 5.60. The normalized spacial score (nSPS) is 19.4. The third-order valence-electron chi connectivity index (χ3n) is 5.60. The molecule has 3 N–H and O–H groups in total. The maximum Gasteiger partial charge on any atom is 0.222 e. The molecule has 0 amide bonds. The van der Waals surface area contributed by atoms with Gasteiger partial charge in [0.05, 0.1) is 19.4 Å². The molecule has 2 aliphatic rings. The van der Waals surface area contributed by atoms with Crippen LogP contribution in [0.15, 0.2) is 24.3 Å². The molecule has 0 saturated carbocycles. The molecule has 4 heterocycles. The first-order valence-corrected chi connectivity index (χ1v) is 9.36. The van der Waals surface area contributed by atoms with Gasteiger partial charge in [0, 0.05) is 60.3 Å². The van der Waals surface area contributed by atoms with Gasteiger partial charge in [-0.05, 0) is 24.6 Å². The van der Waals surface area contributed by atoms with Crippen molar-refractivity contribution >= 4 is 22.7 Å². The van der Waals surface area contributed by atoms with Crippen molar-refractivity contribution in [2.45, 2.75) is 25.3 Å². The number of H-pyrrole nitrogens is 1. The first-order chi connectivity index (χ1) is 13.2. The molecule has 1 fully saturated rings. The molecule has 0 bridgehead atoms. The topological polar surface area (TPSA) is 89.3 Å². The summed E-state index contributed by atoms with van der Waals surface area (Å²) in [4.78, 5) is 14.8. The average Bonchev–Trinajstić information content (AvgIpc) is 3.34. The number of nitrogens with zero attached hydrogens (tertiary/aromatic N) is 3. The highest BCUT2D eigenvalue weighted by molar-refractivity contribution is 5.86. The number of nitrogen functional groups attached to an aromatic ring is 1. The second-order valence-corrected chi connectivity index (χ2v) is 7.23. The Balaban J connectivity index is 1.50. The quantitative estimate of drug-likeness (QED) is 0.742. The Labute approximate surface area is 157 Å². The number of hydrogen-bond acceptors (Lipinski definition) is 6. The number of anilines is 2. The molecule has 27 heavy (non-hydrogen) atoms. The Morgan fingerprint density at radius 1 is 1.30 bits per heavy atom. The molecule has 2 aromatic heterocycles. The number of ether oxygens (including phenoxy) is 2. The highest BCUT2D eigenvalue weighted by atomic mass is 16.5. The summed E-state index contributed by atoms with van der Waals surface area (Å²) < 4.78 is 10.9. The van der Waals surface area contributed by atoms with Gasteiger partial charge in [-0.2, -0.15) is 4.98 Å². The summed E-state index contributed by atoms with van der Waals surface area (Å²) in [6, 6.07) is 8.25. The number of methoxy groups -OCH3 is 1. The number of nitrogens with one attached hydrogen (secondary N) is 1. The van der Waals surface area contributed by atoms with Crippen LogP contribution in [0, 0.1) is 0 Å². The van der Waals surface area contributed by atoms with E-state index in [2.05, 4.69) is 38.1 Å². The monoisotopic (exact) mass is 365 g/mol. The Kier molecular flexibility index (Phi) is 3.89. The van der Waals surface area contributed by atoms with Crippen LogP contribution in [-0.4, -0.2) is 41.8 Å². The zero-order valence-electron chi connectivity index (χ0n) is 15.4. The summed E-state index contributed by atoms with van der Waals surface area (Å²) in [5, 5.41) is 1.21. The van der Waals surface area contributed by atoms with Crippen molar-refractivity contribution in [3.8, 4) is 5.75 Å². The Morgan fingerprint density at radius 3 is 3.04 bits per heavy atom. The minimum absolute atomic E-state index is 0.312. The second kappa shape index (κ2) is 6.42. The molecule has 1 atom stereocenters.